The van der Waals surface area contributed by atoms with Crippen molar-refractivity contribution >= 4 is 5.78 Å². The number of hydrogen-bond donors (Lipinski definition) is 0. The zero-order valence-electron chi connectivity index (χ0n) is 11.6. The maximum atomic E-state index is 12.1. The molecule has 2 rings (SSSR count). The number of aryl methyl sites for hydroxylation is 3. The molecule has 2 heteroatoms. The van der Waals surface area contributed by atoms with Gasteiger partial charge in [0.15, 0.2) is 12.4 Å². The summed E-state index contributed by atoms with van der Waals surface area (Å²) in [6.07, 6.45) is 0. The normalized spacial score (nSPS) is 10.3. The molecule has 0 aromatic heterocycles. The van der Waals surface area contributed by atoms with Crippen LogP contribution in [0.5, 0.6) is 5.75 Å². The van der Waals surface area contributed by atoms with Gasteiger partial charge in [-0.3, -0.25) is 4.79 Å². The van der Waals surface area contributed by atoms with E-state index in [2.05, 4.69) is 0 Å². The monoisotopic (exact) mass is 254 g/mol. The first kappa shape index (κ1) is 13.3. The molecule has 0 heterocycles. The van der Waals surface area contributed by atoms with Crippen molar-refractivity contribution in [2.75, 3.05) is 6.61 Å². The van der Waals surface area contributed by atoms with Gasteiger partial charge >= 0.3 is 0 Å². The number of ketones is 1. The van der Waals surface area contributed by atoms with Crippen LogP contribution >= 0.6 is 0 Å². The van der Waals surface area contributed by atoms with Crippen molar-refractivity contribution in [1.29, 1.82) is 0 Å². The summed E-state index contributed by atoms with van der Waals surface area (Å²) in [4.78, 5) is 12.1. The van der Waals surface area contributed by atoms with Gasteiger partial charge in [0.05, 0.1) is 0 Å². The fourth-order valence-corrected chi connectivity index (χ4v) is 2.06. The third-order valence-electron chi connectivity index (χ3n) is 3.04. The van der Waals surface area contributed by atoms with Gasteiger partial charge in [0.2, 0.25) is 0 Å². The molecule has 98 valence electrons. The summed E-state index contributed by atoms with van der Waals surface area (Å²) in [7, 11) is 0. The lowest BCUT2D eigenvalue weighted by Gasteiger charge is -2.08. The average Bonchev–Trinajstić information content (AvgIpc) is 2.36. The lowest BCUT2D eigenvalue weighted by Crippen LogP contribution is -2.13. The van der Waals surface area contributed by atoms with Crippen LogP contribution in [0.4, 0.5) is 0 Å². The lowest BCUT2D eigenvalue weighted by molar-refractivity contribution is 0.0921. The Morgan fingerprint density at radius 1 is 1.00 bits per heavy atom. The first-order valence-corrected chi connectivity index (χ1v) is 6.36. The molecule has 0 amide bonds. The van der Waals surface area contributed by atoms with Gasteiger partial charge in [-0.1, -0.05) is 35.9 Å². The van der Waals surface area contributed by atoms with Crippen LogP contribution in [0.1, 0.15) is 27.0 Å². The predicted molar refractivity (Wildman–Crippen MR) is 76.9 cm³/mol. The van der Waals surface area contributed by atoms with Crippen molar-refractivity contribution in [1.82, 2.24) is 0 Å². The summed E-state index contributed by atoms with van der Waals surface area (Å²) in [5.41, 5.74) is 4.02. The molecule has 0 unspecified atom stereocenters. The fraction of sp³-hybridized carbons (Fsp3) is 0.235. The van der Waals surface area contributed by atoms with Crippen LogP contribution in [0.3, 0.4) is 0 Å². The topological polar surface area (TPSA) is 26.3 Å². The number of ether oxygens (including phenoxy) is 1. The molecule has 2 aromatic carbocycles. The van der Waals surface area contributed by atoms with E-state index in [9.17, 15) is 4.79 Å². The van der Waals surface area contributed by atoms with Gasteiger partial charge in [-0.25, -0.2) is 0 Å². The van der Waals surface area contributed by atoms with Crippen molar-refractivity contribution in [3.8, 4) is 5.75 Å². The van der Waals surface area contributed by atoms with Crippen LogP contribution in [-0.2, 0) is 0 Å². The van der Waals surface area contributed by atoms with Crippen molar-refractivity contribution < 1.29 is 9.53 Å². The van der Waals surface area contributed by atoms with Crippen molar-refractivity contribution in [3.63, 3.8) is 0 Å². The molecule has 0 saturated heterocycles. The Balaban J connectivity index is 2.05. The van der Waals surface area contributed by atoms with Gasteiger partial charge in [0.25, 0.3) is 0 Å². The highest BCUT2D eigenvalue weighted by Crippen LogP contribution is 2.15. The van der Waals surface area contributed by atoms with Crippen molar-refractivity contribution in [3.05, 3.63) is 64.7 Å². The van der Waals surface area contributed by atoms with E-state index >= 15 is 0 Å². The Hall–Kier alpha value is -2.09. The summed E-state index contributed by atoms with van der Waals surface area (Å²) < 4.78 is 5.54. The van der Waals surface area contributed by atoms with Gasteiger partial charge in [-0.15, -0.1) is 0 Å². The number of carbonyl (C=O) groups excluding carboxylic acids is 1. The highest BCUT2D eigenvalue weighted by atomic mass is 16.5. The fourth-order valence-electron chi connectivity index (χ4n) is 2.06. The highest BCUT2D eigenvalue weighted by molar-refractivity contribution is 5.98. The second-order valence-electron chi connectivity index (χ2n) is 4.85. The molecule has 0 bridgehead atoms. The maximum absolute atomic E-state index is 12.1. The molecule has 2 nitrogen and oxygen atoms in total. The molecule has 0 aliphatic heterocycles. The quantitative estimate of drug-likeness (QED) is 0.774. The molecule has 0 radical (unpaired) electrons. The third kappa shape index (κ3) is 3.44. The summed E-state index contributed by atoms with van der Waals surface area (Å²) in [6.45, 7) is 6.05. The summed E-state index contributed by atoms with van der Waals surface area (Å²) in [6, 6.07) is 13.5. The Morgan fingerprint density at radius 3 is 2.42 bits per heavy atom. The smallest absolute Gasteiger partial charge is 0.200 e. The molecule has 0 fully saturated rings. The Kier molecular flexibility index (Phi) is 4.00. The molecule has 0 spiro atoms. The van der Waals surface area contributed by atoms with Crippen LogP contribution < -0.4 is 4.74 Å². The first-order valence-electron chi connectivity index (χ1n) is 6.36. The molecule has 0 atom stereocenters. The third-order valence-corrected chi connectivity index (χ3v) is 3.04. The van der Waals surface area contributed by atoms with E-state index < -0.39 is 0 Å². The van der Waals surface area contributed by atoms with E-state index in [-0.39, 0.29) is 12.4 Å². The van der Waals surface area contributed by atoms with Gasteiger partial charge < -0.3 is 4.74 Å². The van der Waals surface area contributed by atoms with E-state index in [1.54, 1.807) is 0 Å². The second kappa shape index (κ2) is 5.70. The van der Waals surface area contributed by atoms with Gasteiger partial charge in [-0.05, 0) is 44.0 Å². The molecule has 0 aliphatic rings. The molecular weight excluding hydrogens is 236 g/mol. The minimum absolute atomic E-state index is 0.0130. The number of Topliss-reactive ketones (excluding diaryl/α,β-unsaturated/α-hetero) is 1. The molecule has 0 aliphatic carbocycles. The van der Waals surface area contributed by atoms with Gasteiger partial charge in [-0.2, -0.15) is 0 Å². The minimum atomic E-state index is 0.0130. The van der Waals surface area contributed by atoms with E-state index in [1.807, 2.05) is 63.2 Å². The van der Waals surface area contributed by atoms with Gasteiger partial charge in [0.1, 0.15) is 5.75 Å². The summed E-state index contributed by atoms with van der Waals surface area (Å²) >= 11 is 0. The number of carbonyl (C=O) groups is 1. The zero-order chi connectivity index (χ0) is 13.8. The minimum Gasteiger partial charge on any atom is -0.485 e. The van der Waals surface area contributed by atoms with Crippen molar-refractivity contribution in [2.45, 2.75) is 20.8 Å². The molecule has 0 N–H and O–H groups in total. The van der Waals surface area contributed by atoms with E-state index in [1.165, 1.54) is 0 Å². The van der Waals surface area contributed by atoms with E-state index in [4.69, 9.17) is 4.74 Å². The van der Waals surface area contributed by atoms with Crippen LogP contribution in [0.25, 0.3) is 0 Å². The Labute approximate surface area is 114 Å². The standard InChI is InChI=1S/C17H18O2/c1-12-5-4-6-15(10-12)19-11-17(18)16-8-7-13(2)9-14(16)3/h4-10H,11H2,1-3H3. The van der Waals surface area contributed by atoms with Crippen LogP contribution in [0, 0.1) is 20.8 Å². The summed E-state index contributed by atoms with van der Waals surface area (Å²) in [5, 5.41) is 0. The van der Waals surface area contributed by atoms with E-state index in [0.717, 1.165) is 28.0 Å². The van der Waals surface area contributed by atoms with Crippen LogP contribution in [-0.4, -0.2) is 12.4 Å². The Morgan fingerprint density at radius 2 is 1.74 bits per heavy atom. The van der Waals surface area contributed by atoms with Crippen molar-refractivity contribution in [2.24, 2.45) is 0 Å². The molecule has 0 saturated carbocycles. The molecule has 19 heavy (non-hydrogen) atoms. The number of benzene rings is 2. The first-order chi connectivity index (χ1) is 9.06. The second-order valence-corrected chi connectivity index (χ2v) is 4.85. The number of rotatable bonds is 4. The largest absolute Gasteiger partial charge is 0.485 e. The molecule has 2 aromatic rings. The average molecular weight is 254 g/mol. The zero-order valence-corrected chi connectivity index (χ0v) is 11.6. The van der Waals surface area contributed by atoms with Crippen LogP contribution in [0.15, 0.2) is 42.5 Å². The lowest BCUT2D eigenvalue weighted by atomic mass is 10.0. The SMILES string of the molecule is Cc1cccc(OCC(=O)c2ccc(C)cc2C)c1. The van der Waals surface area contributed by atoms with Crippen LogP contribution in [0.2, 0.25) is 0 Å². The molecular formula is C17H18O2. The highest BCUT2D eigenvalue weighted by Gasteiger charge is 2.09. The van der Waals surface area contributed by atoms with E-state index in [0.29, 0.717) is 0 Å². The summed E-state index contributed by atoms with van der Waals surface area (Å²) in [5.74, 6) is 0.747. The number of hydrogen-bond acceptors (Lipinski definition) is 2. The maximum Gasteiger partial charge on any atom is 0.200 e. The Bertz CT molecular complexity index is 600. The predicted octanol–water partition coefficient (Wildman–Crippen LogP) is 3.87. The van der Waals surface area contributed by atoms with Gasteiger partial charge in [0, 0.05) is 5.56 Å².